The Kier molecular flexibility index (Phi) is 4.45. The van der Waals surface area contributed by atoms with Gasteiger partial charge in [0.25, 0.3) is 0 Å². The largest absolute Gasteiger partial charge is 0.389 e. The molecule has 0 aromatic heterocycles. The standard InChI is InChI=1S/C11H9BrF3NO/c12-8-3-1-7(2-4-8)10(17)9(16)5-6-11(13,14)15/h1-4,16H,5-6H2. The monoisotopic (exact) mass is 307 g/mol. The van der Waals surface area contributed by atoms with E-state index in [2.05, 4.69) is 15.9 Å². The lowest BCUT2D eigenvalue weighted by Gasteiger charge is -2.06. The van der Waals surface area contributed by atoms with E-state index in [9.17, 15) is 18.0 Å². The second-order valence-corrected chi connectivity index (χ2v) is 4.35. The van der Waals surface area contributed by atoms with E-state index in [4.69, 9.17) is 5.41 Å². The molecule has 0 radical (unpaired) electrons. The minimum Gasteiger partial charge on any atom is -0.301 e. The fourth-order valence-electron chi connectivity index (χ4n) is 1.16. The molecule has 0 aliphatic carbocycles. The van der Waals surface area contributed by atoms with Gasteiger partial charge >= 0.3 is 6.18 Å². The highest BCUT2D eigenvalue weighted by Crippen LogP contribution is 2.22. The molecule has 1 N–H and O–H groups in total. The average Bonchev–Trinajstić information content (AvgIpc) is 2.25. The summed E-state index contributed by atoms with van der Waals surface area (Å²) in [7, 11) is 0. The van der Waals surface area contributed by atoms with Crippen molar-refractivity contribution in [1.82, 2.24) is 0 Å². The van der Waals surface area contributed by atoms with Gasteiger partial charge < -0.3 is 5.41 Å². The van der Waals surface area contributed by atoms with Crippen LogP contribution in [0.4, 0.5) is 13.2 Å². The van der Waals surface area contributed by atoms with Gasteiger partial charge in [-0.1, -0.05) is 15.9 Å². The molecule has 1 aromatic rings. The Balaban J connectivity index is 2.64. The molecule has 92 valence electrons. The first-order valence-corrected chi connectivity index (χ1v) is 5.53. The highest BCUT2D eigenvalue weighted by atomic mass is 79.9. The summed E-state index contributed by atoms with van der Waals surface area (Å²) >= 11 is 3.17. The summed E-state index contributed by atoms with van der Waals surface area (Å²) in [5.41, 5.74) is -0.301. The molecule has 0 saturated carbocycles. The number of Topliss-reactive ketones (excluding diaryl/α,β-unsaturated/α-hetero) is 1. The zero-order valence-corrected chi connectivity index (χ0v) is 10.2. The number of carbonyl (C=O) groups is 1. The second kappa shape index (κ2) is 5.44. The van der Waals surface area contributed by atoms with E-state index in [1.54, 1.807) is 12.1 Å². The Hall–Kier alpha value is -1.17. The van der Waals surface area contributed by atoms with Crippen molar-refractivity contribution in [3.63, 3.8) is 0 Å². The molecule has 0 atom stereocenters. The first-order valence-electron chi connectivity index (χ1n) is 4.74. The predicted octanol–water partition coefficient (Wildman–Crippen LogP) is 3.99. The Morgan fingerprint density at radius 2 is 1.76 bits per heavy atom. The lowest BCUT2D eigenvalue weighted by molar-refractivity contribution is -0.132. The van der Waals surface area contributed by atoms with Crippen molar-refractivity contribution in [1.29, 1.82) is 5.41 Å². The summed E-state index contributed by atoms with van der Waals surface area (Å²) in [4.78, 5) is 11.6. The van der Waals surface area contributed by atoms with Crippen molar-refractivity contribution >= 4 is 27.4 Å². The number of alkyl halides is 3. The Labute approximate surface area is 104 Å². The molecule has 17 heavy (non-hydrogen) atoms. The van der Waals surface area contributed by atoms with Gasteiger partial charge in [0, 0.05) is 22.9 Å². The number of hydrogen-bond donors (Lipinski definition) is 1. The molecule has 1 rings (SSSR count). The smallest absolute Gasteiger partial charge is 0.301 e. The third-order valence-electron chi connectivity index (χ3n) is 2.04. The van der Waals surface area contributed by atoms with Crippen LogP contribution in [0.2, 0.25) is 0 Å². The molecule has 6 heteroatoms. The number of hydrogen-bond acceptors (Lipinski definition) is 2. The van der Waals surface area contributed by atoms with E-state index in [0.29, 0.717) is 0 Å². The lowest BCUT2D eigenvalue weighted by atomic mass is 10.0. The van der Waals surface area contributed by atoms with E-state index in [1.165, 1.54) is 12.1 Å². The molecule has 0 bridgehead atoms. The first-order chi connectivity index (χ1) is 7.79. The van der Waals surface area contributed by atoms with Crippen LogP contribution in [0.1, 0.15) is 23.2 Å². The van der Waals surface area contributed by atoms with Crippen LogP contribution in [-0.4, -0.2) is 17.7 Å². The summed E-state index contributed by atoms with van der Waals surface area (Å²) in [5, 5.41) is 7.30. The van der Waals surface area contributed by atoms with Crippen LogP contribution in [0, 0.1) is 5.41 Å². The Bertz CT molecular complexity index is 425. The molecule has 0 unspecified atom stereocenters. The van der Waals surface area contributed by atoms with Gasteiger partial charge in [-0.2, -0.15) is 13.2 Å². The molecule has 0 fully saturated rings. The van der Waals surface area contributed by atoms with Gasteiger partial charge in [-0.15, -0.1) is 0 Å². The van der Waals surface area contributed by atoms with E-state index in [0.717, 1.165) is 4.47 Å². The zero-order chi connectivity index (χ0) is 13.1. The van der Waals surface area contributed by atoms with Crippen LogP contribution in [-0.2, 0) is 0 Å². The Morgan fingerprint density at radius 1 is 1.24 bits per heavy atom. The number of rotatable bonds is 4. The number of nitrogens with one attached hydrogen (secondary N) is 1. The fourth-order valence-corrected chi connectivity index (χ4v) is 1.42. The fraction of sp³-hybridized carbons (Fsp3) is 0.273. The minimum atomic E-state index is -4.34. The van der Waals surface area contributed by atoms with Crippen LogP contribution in [0.25, 0.3) is 0 Å². The van der Waals surface area contributed by atoms with E-state index >= 15 is 0 Å². The van der Waals surface area contributed by atoms with E-state index in [-0.39, 0.29) is 5.56 Å². The van der Waals surface area contributed by atoms with Gasteiger partial charge in [-0.25, -0.2) is 0 Å². The number of ketones is 1. The van der Waals surface area contributed by atoms with Crippen molar-refractivity contribution < 1.29 is 18.0 Å². The second-order valence-electron chi connectivity index (χ2n) is 3.43. The van der Waals surface area contributed by atoms with E-state index < -0.39 is 30.5 Å². The van der Waals surface area contributed by atoms with Crippen molar-refractivity contribution in [2.24, 2.45) is 0 Å². The number of benzene rings is 1. The zero-order valence-electron chi connectivity index (χ0n) is 8.64. The highest BCUT2D eigenvalue weighted by molar-refractivity contribution is 9.10. The maximum atomic E-state index is 11.9. The maximum absolute atomic E-state index is 11.9. The maximum Gasteiger partial charge on any atom is 0.389 e. The molecular formula is C11H9BrF3NO. The third-order valence-corrected chi connectivity index (χ3v) is 2.57. The quantitative estimate of drug-likeness (QED) is 0.663. The summed E-state index contributed by atoms with van der Waals surface area (Å²) in [6, 6.07) is 6.14. The molecule has 0 aliphatic heterocycles. The van der Waals surface area contributed by atoms with Crippen molar-refractivity contribution in [2.45, 2.75) is 19.0 Å². The first kappa shape index (κ1) is 13.9. The van der Waals surface area contributed by atoms with Crippen LogP contribution >= 0.6 is 15.9 Å². The topological polar surface area (TPSA) is 40.9 Å². The van der Waals surface area contributed by atoms with Crippen molar-refractivity contribution in [3.8, 4) is 0 Å². The van der Waals surface area contributed by atoms with E-state index in [1.807, 2.05) is 0 Å². The molecule has 0 saturated heterocycles. The summed E-state index contributed by atoms with van der Waals surface area (Å²) in [6.07, 6.45) is -6.07. The van der Waals surface area contributed by atoms with Gasteiger partial charge in [-0.05, 0) is 24.3 Å². The molecular weight excluding hydrogens is 299 g/mol. The molecule has 0 aliphatic rings. The number of carbonyl (C=O) groups excluding carboxylic acids is 1. The van der Waals surface area contributed by atoms with Gasteiger partial charge in [-0.3, -0.25) is 4.79 Å². The molecule has 1 aromatic carbocycles. The number of halogens is 4. The van der Waals surface area contributed by atoms with Gasteiger partial charge in [0.1, 0.15) is 0 Å². The summed E-state index contributed by atoms with van der Waals surface area (Å²) < 4.78 is 36.5. The SMILES string of the molecule is N=C(CCC(F)(F)F)C(=O)c1ccc(Br)cc1. The third kappa shape index (κ3) is 4.68. The van der Waals surface area contributed by atoms with Crippen LogP contribution in [0.5, 0.6) is 0 Å². The lowest BCUT2D eigenvalue weighted by Crippen LogP contribution is -2.17. The minimum absolute atomic E-state index is 0.223. The van der Waals surface area contributed by atoms with Crippen LogP contribution in [0.15, 0.2) is 28.7 Å². The predicted molar refractivity (Wildman–Crippen MR) is 61.5 cm³/mol. The normalized spacial score (nSPS) is 11.3. The highest BCUT2D eigenvalue weighted by Gasteiger charge is 2.28. The molecule has 2 nitrogen and oxygen atoms in total. The van der Waals surface area contributed by atoms with Gasteiger partial charge in [0.15, 0.2) is 0 Å². The van der Waals surface area contributed by atoms with Crippen LogP contribution < -0.4 is 0 Å². The van der Waals surface area contributed by atoms with Gasteiger partial charge in [0.2, 0.25) is 5.78 Å². The summed E-state index contributed by atoms with van der Waals surface area (Å²) in [6.45, 7) is 0. The van der Waals surface area contributed by atoms with Crippen molar-refractivity contribution in [2.75, 3.05) is 0 Å². The molecule has 0 spiro atoms. The molecule has 0 heterocycles. The molecule has 0 amide bonds. The average molecular weight is 308 g/mol. The van der Waals surface area contributed by atoms with Crippen molar-refractivity contribution in [3.05, 3.63) is 34.3 Å². The van der Waals surface area contributed by atoms with Gasteiger partial charge in [0.05, 0.1) is 5.71 Å². The van der Waals surface area contributed by atoms with Crippen LogP contribution in [0.3, 0.4) is 0 Å². The summed E-state index contributed by atoms with van der Waals surface area (Å²) in [5.74, 6) is -0.665. The Morgan fingerprint density at radius 3 is 2.24 bits per heavy atom.